The number of aromatic amines is 1. The van der Waals surface area contributed by atoms with Gasteiger partial charge in [-0.2, -0.15) is 0 Å². The Labute approximate surface area is 197 Å². The molecule has 3 aromatic heterocycles. The van der Waals surface area contributed by atoms with Crippen LogP contribution < -0.4 is 15.2 Å². The standard InChI is InChI=1S/C17H17N5O2.C9H10O/c1-7-14(8(2)24-22-7)11-5-12-10(6-13(11)23-4)15-16(18)19-9(3)20-17(15)21-12;1-2-6-9-8(4-1)5-3-7-10-9/h5-6H,1-4H3,(H3,18,19,20,21);1-2,4,6H,3,5,7H2. The minimum Gasteiger partial charge on any atom is -0.496 e. The fourth-order valence-electron chi connectivity index (χ4n) is 4.50. The fraction of sp³-hybridized carbons (Fsp3) is 0.269. The van der Waals surface area contributed by atoms with Gasteiger partial charge < -0.3 is 24.7 Å². The summed E-state index contributed by atoms with van der Waals surface area (Å²) in [7, 11) is 1.64. The highest BCUT2D eigenvalue weighted by atomic mass is 16.5. The lowest BCUT2D eigenvalue weighted by Gasteiger charge is -2.15. The molecule has 3 N–H and O–H groups in total. The molecule has 1 aliphatic rings. The smallest absolute Gasteiger partial charge is 0.144 e. The third-order valence-corrected chi connectivity index (χ3v) is 6.03. The number of ether oxygens (including phenoxy) is 2. The Morgan fingerprint density at radius 2 is 1.91 bits per heavy atom. The van der Waals surface area contributed by atoms with Crippen LogP contribution in [0.3, 0.4) is 0 Å². The Morgan fingerprint density at radius 1 is 1.09 bits per heavy atom. The van der Waals surface area contributed by atoms with Gasteiger partial charge in [0.25, 0.3) is 0 Å². The number of aromatic nitrogens is 4. The predicted octanol–water partition coefficient (Wildman–Crippen LogP) is 5.29. The molecule has 34 heavy (non-hydrogen) atoms. The van der Waals surface area contributed by atoms with Crippen LogP contribution in [0.4, 0.5) is 5.82 Å². The van der Waals surface area contributed by atoms with E-state index in [9.17, 15) is 0 Å². The molecule has 8 nitrogen and oxygen atoms in total. The second-order valence-corrected chi connectivity index (χ2v) is 8.36. The number of hydrogen-bond donors (Lipinski definition) is 2. The molecule has 5 aromatic rings. The number of methoxy groups -OCH3 is 1. The molecule has 4 heterocycles. The van der Waals surface area contributed by atoms with Crippen LogP contribution in [0.5, 0.6) is 11.5 Å². The summed E-state index contributed by atoms with van der Waals surface area (Å²) in [6.07, 6.45) is 2.34. The van der Waals surface area contributed by atoms with Gasteiger partial charge in [0.2, 0.25) is 0 Å². The van der Waals surface area contributed by atoms with E-state index < -0.39 is 0 Å². The highest BCUT2D eigenvalue weighted by Crippen LogP contribution is 2.40. The van der Waals surface area contributed by atoms with Gasteiger partial charge in [0.15, 0.2) is 0 Å². The lowest BCUT2D eigenvalue weighted by atomic mass is 10.0. The van der Waals surface area contributed by atoms with Crippen molar-refractivity contribution in [2.75, 3.05) is 19.5 Å². The molecule has 0 amide bonds. The van der Waals surface area contributed by atoms with Crippen molar-refractivity contribution in [1.82, 2.24) is 20.1 Å². The number of nitrogens with one attached hydrogen (secondary N) is 1. The van der Waals surface area contributed by atoms with Crippen molar-refractivity contribution in [3.63, 3.8) is 0 Å². The number of nitrogens with zero attached hydrogens (tertiary/aromatic N) is 3. The largest absolute Gasteiger partial charge is 0.496 e. The molecule has 0 radical (unpaired) electrons. The van der Waals surface area contributed by atoms with Gasteiger partial charge >= 0.3 is 0 Å². The summed E-state index contributed by atoms with van der Waals surface area (Å²) >= 11 is 0. The zero-order valence-electron chi connectivity index (χ0n) is 19.7. The summed E-state index contributed by atoms with van der Waals surface area (Å²) in [5.74, 6) is 3.63. The van der Waals surface area contributed by atoms with Crippen molar-refractivity contribution < 1.29 is 14.0 Å². The van der Waals surface area contributed by atoms with E-state index in [0.717, 1.165) is 63.4 Å². The van der Waals surface area contributed by atoms with E-state index in [2.05, 4.69) is 32.2 Å². The molecule has 0 fully saturated rings. The van der Waals surface area contributed by atoms with Gasteiger partial charge in [0.1, 0.15) is 34.5 Å². The summed E-state index contributed by atoms with van der Waals surface area (Å²) in [4.78, 5) is 12.0. The SMILES string of the molecule is COc1cc2c(cc1-c1c(C)noc1C)[nH]c1nc(C)nc(N)c12.c1ccc2c(c1)CCCO2. The number of aryl methyl sites for hydroxylation is 4. The molecule has 0 saturated carbocycles. The number of H-pyrrole nitrogens is 1. The molecule has 0 aliphatic carbocycles. The van der Waals surface area contributed by atoms with Crippen LogP contribution in [0.1, 0.15) is 29.3 Å². The molecular formula is C26H27N5O3. The second kappa shape index (κ2) is 8.70. The van der Waals surface area contributed by atoms with Crippen molar-refractivity contribution in [2.24, 2.45) is 0 Å². The summed E-state index contributed by atoms with van der Waals surface area (Å²) in [5, 5.41) is 5.76. The maximum atomic E-state index is 6.10. The van der Waals surface area contributed by atoms with Crippen LogP contribution in [0.25, 0.3) is 33.1 Å². The van der Waals surface area contributed by atoms with Crippen molar-refractivity contribution >= 4 is 27.8 Å². The van der Waals surface area contributed by atoms with E-state index in [1.807, 2.05) is 45.0 Å². The minimum absolute atomic E-state index is 0.455. The first kappa shape index (κ1) is 21.8. The van der Waals surface area contributed by atoms with Crippen LogP contribution in [0.15, 0.2) is 40.9 Å². The average Bonchev–Trinajstić information content (AvgIpc) is 3.36. The lowest BCUT2D eigenvalue weighted by Crippen LogP contribution is -2.07. The first-order chi connectivity index (χ1) is 16.5. The molecule has 2 aromatic carbocycles. The van der Waals surface area contributed by atoms with Gasteiger partial charge in [-0.25, -0.2) is 9.97 Å². The normalized spacial score (nSPS) is 12.7. The number of rotatable bonds is 2. The Hall–Kier alpha value is -4.07. The van der Waals surface area contributed by atoms with Gasteiger partial charge in [-0.1, -0.05) is 23.4 Å². The van der Waals surface area contributed by atoms with Crippen LogP contribution in [0.2, 0.25) is 0 Å². The molecule has 0 spiro atoms. The molecule has 0 saturated heterocycles. The van der Waals surface area contributed by atoms with Crippen molar-refractivity contribution in [2.45, 2.75) is 33.6 Å². The van der Waals surface area contributed by atoms with E-state index >= 15 is 0 Å². The summed E-state index contributed by atoms with van der Waals surface area (Å²) in [6.45, 7) is 6.50. The van der Waals surface area contributed by atoms with Gasteiger partial charge in [-0.15, -0.1) is 0 Å². The summed E-state index contributed by atoms with van der Waals surface area (Å²) < 4.78 is 16.3. The minimum atomic E-state index is 0.455. The number of benzene rings is 2. The van der Waals surface area contributed by atoms with Crippen molar-refractivity contribution in [1.29, 1.82) is 0 Å². The zero-order valence-corrected chi connectivity index (χ0v) is 19.7. The molecule has 0 bridgehead atoms. The molecule has 174 valence electrons. The number of hydrogen-bond acceptors (Lipinski definition) is 7. The summed E-state index contributed by atoms with van der Waals surface area (Å²) in [5.41, 5.74) is 11.7. The zero-order chi connectivity index (χ0) is 23.8. The Balaban J connectivity index is 0.000000200. The number of nitrogens with two attached hydrogens (primary N) is 1. The third kappa shape index (κ3) is 3.81. The predicted molar refractivity (Wildman–Crippen MR) is 132 cm³/mol. The van der Waals surface area contributed by atoms with Crippen molar-refractivity contribution in [3.8, 4) is 22.6 Å². The van der Waals surface area contributed by atoms with E-state index in [4.69, 9.17) is 19.7 Å². The van der Waals surface area contributed by atoms with Crippen LogP contribution in [0, 0.1) is 20.8 Å². The lowest BCUT2D eigenvalue weighted by molar-refractivity contribution is 0.288. The highest BCUT2D eigenvalue weighted by Gasteiger charge is 2.19. The van der Waals surface area contributed by atoms with Crippen LogP contribution in [-0.4, -0.2) is 33.8 Å². The van der Waals surface area contributed by atoms with E-state index in [0.29, 0.717) is 17.3 Å². The fourth-order valence-corrected chi connectivity index (χ4v) is 4.50. The number of nitrogen functional groups attached to an aromatic ring is 1. The Morgan fingerprint density at radius 3 is 2.65 bits per heavy atom. The van der Waals surface area contributed by atoms with Crippen molar-refractivity contribution in [3.05, 3.63) is 59.2 Å². The molecule has 8 heteroatoms. The number of anilines is 1. The highest BCUT2D eigenvalue weighted by molar-refractivity contribution is 6.12. The quantitative estimate of drug-likeness (QED) is 0.370. The third-order valence-electron chi connectivity index (χ3n) is 6.03. The monoisotopic (exact) mass is 457 g/mol. The van der Waals surface area contributed by atoms with Gasteiger partial charge in [0.05, 0.1) is 30.4 Å². The Kier molecular flexibility index (Phi) is 5.57. The summed E-state index contributed by atoms with van der Waals surface area (Å²) in [6, 6.07) is 12.2. The second-order valence-electron chi connectivity index (χ2n) is 8.36. The Bertz CT molecular complexity index is 1460. The van der Waals surface area contributed by atoms with Gasteiger partial charge in [0, 0.05) is 16.5 Å². The van der Waals surface area contributed by atoms with E-state index in [-0.39, 0.29) is 0 Å². The first-order valence-electron chi connectivity index (χ1n) is 11.2. The van der Waals surface area contributed by atoms with E-state index in [1.54, 1.807) is 7.11 Å². The molecule has 6 rings (SSSR count). The first-order valence-corrected chi connectivity index (χ1v) is 11.2. The van der Waals surface area contributed by atoms with E-state index in [1.165, 1.54) is 12.0 Å². The van der Waals surface area contributed by atoms with Gasteiger partial charge in [-0.05, 0) is 57.4 Å². The average molecular weight is 458 g/mol. The van der Waals surface area contributed by atoms with Crippen LogP contribution in [-0.2, 0) is 6.42 Å². The molecular weight excluding hydrogens is 430 g/mol. The van der Waals surface area contributed by atoms with Gasteiger partial charge in [-0.3, -0.25) is 0 Å². The molecule has 0 atom stereocenters. The maximum Gasteiger partial charge on any atom is 0.144 e. The van der Waals surface area contributed by atoms with Crippen LogP contribution >= 0.6 is 0 Å². The number of fused-ring (bicyclic) bond motifs is 4. The molecule has 0 unspecified atom stereocenters. The molecule has 1 aliphatic heterocycles. The topological polar surface area (TPSA) is 112 Å². The number of para-hydroxylation sites is 1. The maximum absolute atomic E-state index is 6.10.